The van der Waals surface area contributed by atoms with Crippen LogP contribution in [0.2, 0.25) is 24.2 Å². The molecule has 0 saturated carbocycles. The molecule has 14 heteroatoms. The summed E-state index contributed by atoms with van der Waals surface area (Å²) in [7, 11) is -3.75. The lowest BCUT2D eigenvalue weighted by atomic mass is 9.77. The maximum Gasteiger partial charge on any atom is 0.283 e. The minimum atomic E-state index is -1.60. The van der Waals surface area contributed by atoms with Crippen molar-refractivity contribution in [3.8, 4) is 0 Å². The second-order valence-electron chi connectivity index (χ2n) is 7.97. The van der Waals surface area contributed by atoms with E-state index in [1.807, 2.05) is 0 Å². The third kappa shape index (κ3) is 19.0. The van der Waals surface area contributed by atoms with Gasteiger partial charge >= 0.3 is 0 Å². The van der Waals surface area contributed by atoms with E-state index in [-0.39, 0.29) is 5.41 Å². The molecule has 0 aliphatic rings. The van der Waals surface area contributed by atoms with Crippen molar-refractivity contribution in [3.63, 3.8) is 0 Å². The van der Waals surface area contributed by atoms with Gasteiger partial charge in [0.05, 0.1) is 0 Å². The van der Waals surface area contributed by atoms with E-state index in [0.717, 1.165) is 24.2 Å². The molecule has 0 spiro atoms. The average molecular weight is 673 g/mol. The number of halogens is 9. The zero-order valence-corrected chi connectivity index (χ0v) is 28.7. The maximum absolute atomic E-state index is 6.37. The van der Waals surface area contributed by atoms with Crippen LogP contribution in [0.1, 0.15) is 59.3 Å². The highest BCUT2D eigenvalue weighted by molar-refractivity contribution is 6.68. The van der Waals surface area contributed by atoms with Crippen LogP contribution in [0, 0.1) is 5.41 Å². The second-order valence-corrected chi connectivity index (χ2v) is 23.8. The summed E-state index contributed by atoms with van der Waals surface area (Å²) in [5.41, 5.74) is -0.314. The molecule has 0 saturated heterocycles. The van der Waals surface area contributed by atoms with Gasteiger partial charge in [-0.15, -0.1) is 0 Å². The number of hydrogen-bond donors (Lipinski definition) is 0. The molecule has 0 aromatic heterocycles. The summed E-state index contributed by atoms with van der Waals surface area (Å²) in [6, 6.07) is 4.01. The molecule has 0 bridgehead atoms. The van der Waals surface area contributed by atoms with E-state index in [4.69, 9.17) is 113 Å². The van der Waals surface area contributed by atoms with Crippen molar-refractivity contribution in [1.82, 2.24) is 0 Å². The molecule has 0 amide bonds. The lowest BCUT2D eigenvalue weighted by Crippen LogP contribution is -2.35. The number of rotatable bonds is 15. The molecule has 2 nitrogen and oxygen atoms in total. The summed E-state index contributed by atoms with van der Waals surface area (Å²) in [6.45, 7) is 6.50. The van der Waals surface area contributed by atoms with Gasteiger partial charge in [0.15, 0.2) is 29.5 Å². The van der Waals surface area contributed by atoms with E-state index < -0.39 is 39.5 Å². The lowest BCUT2D eigenvalue weighted by molar-refractivity contribution is 0.225. The maximum atomic E-state index is 6.37. The monoisotopic (exact) mass is 668 g/mol. The van der Waals surface area contributed by atoms with Gasteiger partial charge in [0.1, 0.15) is 0 Å². The third-order valence-electron chi connectivity index (χ3n) is 5.45. The Balaban J connectivity index is 5.54. The molecule has 0 aromatic rings. The van der Waals surface area contributed by atoms with Gasteiger partial charge < -0.3 is 8.23 Å². The fourth-order valence-electron chi connectivity index (χ4n) is 3.46. The quantitative estimate of drug-likeness (QED) is 0.128. The molecular formula is C17H33Cl9O2Si3. The van der Waals surface area contributed by atoms with Crippen molar-refractivity contribution in [2.75, 3.05) is 0 Å². The first-order valence-electron chi connectivity index (χ1n) is 10.5. The zero-order valence-electron chi connectivity index (χ0n) is 18.2. The minimum Gasteiger partial charge on any atom is -0.443 e. The van der Waals surface area contributed by atoms with Gasteiger partial charge in [-0.25, -0.2) is 0 Å². The summed E-state index contributed by atoms with van der Waals surface area (Å²) >= 11 is 54.8. The van der Waals surface area contributed by atoms with Crippen LogP contribution >= 0.6 is 104 Å². The SMILES string of the molecule is CC[SiH](CC)O[SiH2]O[SiH](CC)CC(CCC(Cl)(Cl)Cl)(CCC(Cl)(Cl)Cl)CCC(Cl)(Cl)Cl. The highest BCUT2D eigenvalue weighted by atomic mass is 35.6. The van der Waals surface area contributed by atoms with Crippen LogP contribution in [-0.4, -0.2) is 39.5 Å². The first kappa shape index (κ1) is 34.2. The molecule has 0 heterocycles. The van der Waals surface area contributed by atoms with E-state index in [0.29, 0.717) is 38.5 Å². The Morgan fingerprint density at radius 1 is 0.548 bits per heavy atom. The van der Waals surface area contributed by atoms with Gasteiger partial charge in [0.25, 0.3) is 10.0 Å². The normalized spacial score (nSPS) is 15.4. The Kier molecular flexibility index (Phi) is 17.8. The van der Waals surface area contributed by atoms with Crippen molar-refractivity contribution in [1.29, 1.82) is 0 Å². The second kappa shape index (κ2) is 16.1. The summed E-state index contributed by atoms with van der Waals surface area (Å²) in [5, 5.41) is 0. The Labute approximate surface area is 239 Å². The summed E-state index contributed by atoms with van der Waals surface area (Å²) < 4.78 is 8.36. The Hall–Kier alpha value is 3.18. The Bertz CT molecular complexity index is 435. The molecule has 0 aliphatic heterocycles. The van der Waals surface area contributed by atoms with Gasteiger partial charge in [-0.1, -0.05) is 125 Å². The summed E-state index contributed by atoms with van der Waals surface area (Å²) in [4.78, 5) is 0. The predicted octanol–water partition coefficient (Wildman–Crippen LogP) is 8.96. The third-order valence-corrected chi connectivity index (χ3v) is 16.1. The van der Waals surface area contributed by atoms with Crippen molar-refractivity contribution >= 4 is 132 Å². The fourth-order valence-corrected chi connectivity index (χ4v) is 12.6. The van der Waals surface area contributed by atoms with Crippen LogP contribution in [0.4, 0.5) is 0 Å². The van der Waals surface area contributed by atoms with Crippen LogP contribution in [0.25, 0.3) is 0 Å². The first-order chi connectivity index (χ1) is 14.0. The lowest BCUT2D eigenvalue weighted by Gasteiger charge is -2.39. The van der Waals surface area contributed by atoms with Gasteiger partial charge in [0.2, 0.25) is 0 Å². The topological polar surface area (TPSA) is 18.5 Å². The highest BCUT2D eigenvalue weighted by Gasteiger charge is 2.39. The van der Waals surface area contributed by atoms with Crippen molar-refractivity contribution in [2.45, 2.75) is 94.9 Å². The Morgan fingerprint density at radius 2 is 0.871 bits per heavy atom. The predicted molar refractivity (Wildman–Crippen MR) is 152 cm³/mol. The van der Waals surface area contributed by atoms with Crippen LogP contribution in [0.5, 0.6) is 0 Å². The average Bonchev–Trinajstić information content (AvgIpc) is 2.63. The zero-order chi connectivity index (χ0) is 24.3. The van der Waals surface area contributed by atoms with E-state index in [9.17, 15) is 0 Å². The molecule has 0 aromatic carbocycles. The fraction of sp³-hybridized carbons (Fsp3) is 1.00. The van der Waals surface area contributed by atoms with E-state index in [1.54, 1.807) is 0 Å². The molecule has 0 radical (unpaired) electrons. The molecule has 1 atom stereocenters. The van der Waals surface area contributed by atoms with Crippen molar-refractivity contribution in [3.05, 3.63) is 0 Å². The smallest absolute Gasteiger partial charge is 0.283 e. The van der Waals surface area contributed by atoms with Gasteiger partial charge in [0, 0.05) is 0 Å². The standard InChI is InChI=1S/C17H33Cl9O2Si3/c1-4-30(5-2)27-29-28-31(6-3)13-14(7-10-15(18,19)20,8-11-16(21,22)23)9-12-17(24,25)26/h30-31H,4-13,29H2,1-3H3. The molecule has 0 aliphatic carbocycles. The molecule has 31 heavy (non-hydrogen) atoms. The van der Waals surface area contributed by atoms with Crippen LogP contribution in [-0.2, 0) is 8.23 Å². The molecule has 0 rings (SSSR count). The van der Waals surface area contributed by atoms with E-state index in [1.165, 1.54) is 0 Å². The van der Waals surface area contributed by atoms with Crippen molar-refractivity contribution < 1.29 is 8.23 Å². The highest BCUT2D eigenvalue weighted by Crippen LogP contribution is 2.49. The molecule has 0 N–H and O–H groups in total. The van der Waals surface area contributed by atoms with Crippen molar-refractivity contribution in [2.24, 2.45) is 5.41 Å². The first-order valence-corrected chi connectivity index (χ1v) is 19.2. The Morgan fingerprint density at radius 3 is 1.16 bits per heavy atom. The summed E-state index contributed by atoms with van der Waals surface area (Å²) in [5.74, 6) is 0. The minimum absolute atomic E-state index is 0.314. The van der Waals surface area contributed by atoms with Gasteiger partial charge in [-0.2, -0.15) is 0 Å². The van der Waals surface area contributed by atoms with Crippen LogP contribution in [0.15, 0.2) is 0 Å². The van der Waals surface area contributed by atoms with Crippen LogP contribution in [0.3, 0.4) is 0 Å². The number of hydrogen-bond acceptors (Lipinski definition) is 2. The van der Waals surface area contributed by atoms with E-state index >= 15 is 0 Å². The molecule has 0 fully saturated rings. The number of alkyl halides is 9. The summed E-state index contributed by atoms with van der Waals surface area (Å²) in [6.07, 6.45) is 2.91. The van der Waals surface area contributed by atoms with E-state index in [2.05, 4.69) is 20.8 Å². The van der Waals surface area contributed by atoms with Crippen LogP contribution < -0.4 is 0 Å². The molecule has 1 unspecified atom stereocenters. The largest absolute Gasteiger partial charge is 0.443 e. The van der Waals surface area contributed by atoms with Gasteiger partial charge in [-0.3, -0.25) is 0 Å². The van der Waals surface area contributed by atoms with Gasteiger partial charge in [-0.05, 0) is 68.1 Å². The molecule has 188 valence electrons. The molecular weight excluding hydrogens is 640 g/mol.